The molecule has 1 saturated heterocycles. The Bertz CT molecular complexity index is 306. The third-order valence-corrected chi connectivity index (χ3v) is 3.43. The van der Waals surface area contributed by atoms with Crippen LogP contribution in [0.15, 0.2) is 18.6 Å². The van der Waals surface area contributed by atoms with Crippen LogP contribution in [0.1, 0.15) is 25.5 Å². The minimum Gasteiger partial charge on any atom is -0.310 e. The van der Waals surface area contributed by atoms with E-state index in [2.05, 4.69) is 27.1 Å². The Morgan fingerprint density at radius 3 is 2.94 bits per heavy atom. The lowest BCUT2D eigenvalue weighted by atomic mass is 9.99. The molecule has 4 nitrogen and oxygen atoms in total. The number of aromatic nitrogens is 2. The van der Waals surface area contributed by atoms with Crippen LogP contribution in [0.25, 0.3) is 0 Å². The first-order valence-electron chi connectivity index (χ1n) is 6.52. The molecule has 1 fully saturated rings. The van der Waals surface area contributed by atoms with Gasteiger partial charge in [0.25, 0.3) is 0 Å². The van der Waals surface area contributed by atoms with Gasteiger partial charge in [-0.05, 0) is 37.9 Å². The number of piperidine rings is 1. The van der Waals surface area contributed by atoms with E-state index < -0.39 is 0 Å². The summed E-state index contributed by atoms with van der Waals surface area (Å²) in [5.74, 6) is 0.917. The molecular weight excluding hydrogens is 212 g/mol. The average molecular weight is 234 g/mol. The van der Waals surface area contributed by atoms with Crippen molar-refractivity contribution in [2.24, 2.45) is 5.92 Å². The summed E-state index contributed by atoms with van der Waals surface area (Å²) in [5, 5.41) is 3.43. The van der Waals surface area contributed by atoms with Crippen LogP contribution < -0.4 is 5.32 Å². The summed E-state index contributed by atoms with van der Waals surface area (Å²) in [7, 11) is 0. The molecule has 0 amide bonds. The van der Waals surface area contributed by atoms with Crippen LogP contribution in [0, 0.1) is 5.92 Å². The van der Waals surface area contributed by atoms with Gasteiger partial charge in [-0.3, -0.25) is 0 Å². The van der Waals surface area contributed by atoms with E-state index in [9.17, 15) is 0 Å². The molecule has 2 rings (SSSR count). The van der Waals surface area contributed by atoms with Gasteiger partial charge in [-0.1, -0.05) is 6.92 Å². The van der Waals surface area contributed by atoms with Gasteiger partial charge in [0.2, 0.25) is 0 Å². The molecule has 0 atom stereocenters. The molecule has 17 heavy (non-hydrogen) atoms. The Morgan fingerprint density at radius 1 is 1.41 bits per heavy atom. The third-order valence-electron chi connectivity index (χ3n) is 3.43. The fraction of sp³-hybridized carbons (Fsp3) is 0.692. The minimum absolute atomic E-state index is 0.840. The van der Waals surface area contributed by atoms with E-state index in [4.69, 9.17) is 0 Å². The van der Waals surface area contributed by atoms with Gasteiger partial charge in [-0.2, -0.15) is 0 Å². The lowest BCUT2D eigenvalue weighted by Crippen LogP contribution is -2.37. The topological polar surface area (TPSA) is 41.0 Å². The first kappa shape index (κ1) is 12.5. The smallest absolute Gasteiger partial charge is 0.115 e. The van der Waals surface area contributed by atoms with E-state index in [-0.39, 0.29) is 0 Å². The standard InChI is InChI=1S/C13H22N4/c1-12-3-7-17(8-4-12)9-6-14-10-13-2-5-15-11-16-13/h2,5,11-12,14H,3-4,6-10H2,1H3. The average Bonchev–Trinajstić information content (AvgIpc) is 2.38. The molecule has 0 saturated carbocycles. The van der Waals surface area contributed by atoms with Crippen LogP contribution in [0.2, 0.25) is 0 Å². The second kappa shape index (κ2) is 6.67. The fourth-order valence-corrected chi connectivity index (χ4v) is 2.16. The molecular formula is C13H22N4. The molecule has 1 aromatic rings. The summed E-state index contributed by atoms with van der Waals surface area (Å²) in [5.41, 5.74) is 1.06. The predicted molar refractivity (Wildman–Crippen MR) is 68.6 cm³/mol. The maximum atomic E-state index is 4.19. The van der Waals surface area contributed by atoms with Crippen molar-refractivity contribution < 1.29 is 0 Å². The highest BCUT2D eigenvalue weighted by atomic mass is 15.1. The number of hydrogen-bond donors (Lipinski definition) is 1. The molecule has 1 aliphatic heterocycles. The largest absolute Gasteiger partial charge is 0.310 e. The van der Waals surface area contributed by atoms with Crippen LogP contribution in [-0.2, 0) is 6.54 Å². The van der Waals surface area contributed by atoms with E-state index in [1.165, 1.54) is 25.9 Å². The Labute approximate surface area is 103 Å². The summed E-state index contributed by atoms with van der Waals surface area (Å²) in [6, 6.07) is 1.95. The summed E-state index contributed by atoms with van der Waals surface area (Å²) in [6.07, 6.45) is 6.09. The molecule has 0 spiro atoms. The number of nitrogens with one attached hydrogen (secondary N) is 1. The van der Waals surface area contributed by atoms with E-state index in [1.54, 1.807) is 12.5 Å². The Balaban J connectivity index is 1.57. The van der Waals surface area contributed by atoms with Crippen molar-refractivity contribution in [3.8, 4) is 0 Å². The molecule has 1 aromatic heterocycles. The second-order valence-electron chi connectivity index (χ2n) is 4.90. The molecule has 94 valence electrons. The van der Waals surface area contributed by atoms with Gasteiger partial charge in [0, 0.05) is 25.8 Å². The van der Waals surface area contributed by atoms with Crippen LogP contribution in [-0.4, -0.2) is 41.0 Å². The molecule has 0 unspecified atom stereocenters. The number of hydrogen-bond acceptors (Lipinski definition) is 4. The maximum absolute atomic E-state index is 4.19. The van der Waals surface area contributed by atoms with E-state index >= 15 is 0 Å². The predicted octanol–water partition coefficient (Wildman–Crippen LogP) is 1.30. The highest BCUT2D eigenvalue weighted by Gasteiger charge is 2.14. The van der Waals surface area contributed by atoms with Crippen molar-refractivity contribution in [3.63, 3.8) is 0 Å². The van der Waals surface area contributed by atoms with Gasteiger partial charge in [-0.15, -0.1) is 0 Å². The maximum Gasteiger partial charge on any atom is 0.115 e. The first-order valence-corrected chi connectivity index (χ1v) is 6.52. The van der Waals surface area contributed by atoms with E-state index in [1.807, 2.05) is 6.07 Å². The molecule has 2 heterocycles. The van der Waals surface area contributed by atoms with Crippen LogP contribution in [0.3, 0.4) is 0 Å². The van der Waals surface area contributed by atoms with Gasteiger partial charge in [0.1, 0.15) is 6.33 Å². The van der Waals surface area contributed by atoms with Crippen molar-refractivity contribution in [3.05, 3.63) is 24.3 Å². The molecule has 0 aromatic carbocycles. The summed E-state index contributed by atoms with van der Waals surface area (Å²) < 4.78 is 0. The van der Waals surface area contributed by atoms with Gasteiger partial charge < -0.3 is 10.2 Å². The zero-order valence-corrected chi connectivity index (χ0v) is 10.6. The minimum atomic E-state index is 0.840. The van der Waals surface area contributed by atoms with Gasteiger partial charge in [0.05, 0.1) is 5.69 Å². The lowest BCUT2D eigenvalue weighted by molar-refractivity contribution is 0.193. The van der Waals surface area contributed by atoms with Gasteiger partial charge in [-0.25, -0.2) is 9.97 Å². The van der Waals surface area contributed by atoms with Crippen LogP contribution >= 0.6 is 0 Å². The molecule has 0 aliphatic carbocycles. The molecule has 1 aliphatic rings. The molecule has 4 heteroatoms. The number of nitrogens with zero attached hydrogens (tertiary/aromatic N) is 3. The first-order chi connectivity index (χ1) is 8.34. The van der Waals surface area contributed by atoms with Crippen molar-refractivity contribution in [2.45, 2.75) is 26.3 Å². The number of likely N-dealkylation sites (tertiary alicyclic amines) is 1. The van der Waals surface area contributed by atoms with E-state index in [0.29, 0.717) is 0 Å². The molecule has 1 N–H and O–H groups in total. The van der Waals surface area contributed by atoms with Crippen molar-refractivity contribution >= 4 is 0 Å². The zero-order chi connectivity index (χ0) is 11.9. The zero-order valence-electron chi connectivity index (χ0n) is 10.6. The van der Waals surface area contributed by atoms with Crippen molar-refractivity contribution in [2.75, 3.05) is 26.2 Å². The Kier molecular flexibility index (Phi) is 4.88. The monoisotopic (exact) mass is 234 g/mol. The normalized spacial score (nSPS) is 18.4. The molecule has 0 bridgehead atoms. The lowest BCUT2D eigenvalue weighted by Gasteiger charge is -2.30. The highest BCUT2D eigenvalue weighted by Crippen LogP contribution is 2.14. The second-order valence-corrected chi connectivity index (χ2v) is 4.90. The third kappa shape index (κ3) is 4.40. The van der Waals surface area contributed by atoms with Crippen LogP contribution in [0.5, 0.6) is 0 Å². The summed E-state index contributed by atoms with van der Waals surface area (Å²) in [6.45, 7) is 7.90. The quantitative estimate of drug-likeness (QED) is 0.780. The Morgan fingerprint density at radius 2 is 2.24 bits per heavy atom. The van der Waals surface area contributed by atoms with Gasteiger partial charge >= 0.3 is 0 Å². The Hall–Kier alpha value is -1.00. The highest BCUT2D eigenvalue weighted by molar-refractivity contribution is 4.96. The SMILES string of the molecule is CC1CCN(CCNCc2ccncn2)CC1. The van der Waals surface area contributed by atoms with Crippen molar-refractivity contribution in [1.82, 2.24) is 20.2 Å². The van der Waals surface area contributed by atoms with Crippen molar-refractivity contribution in [1.29, 1.82) is 0 Å². The summed E-state index contributed by atoms with van der Waals surface area (Å²) in [4.78, 5) is 10.6. The van der Waals surface area contributed by atoms with Crippen LogP contribution in [0.4, 0.5) is 0 Å². The van der Waals surface area contributed by atoms with Gasteiger partial charge in [0.15, 0.2) is 0 Å². The molecule has 0 radical (unpaired) electrons. The number of rotatable bonds is 5. The summed E-state index contributed by atoms with van der Waals surface area (Å²) >= 11 is 0. The van der Waals surface area contributed by atoms with E-state index in [0.717, 1.165) is 31.2 Å². The fourth-order valence-electron chi connectivity index (χ4n) is 2.16.